The summed E-state index contributed by atoms with van der Waals surface area (Å²) in [7, 11) is -3.92. The molecular formula is C15H13F3N2O3S. The van der Waals surface area contributed by atoms with Crippen molar-refractivity contribution in [3.05, 3.63) is 59.7 Å². The van der Waals surface area contributed by atoms with Gasteiger partial charge in [-0.15, -0.1) is 0 Å². The minimum atomic E-state index is -4.49. The number of alkyl halides is 3. The van der Waals surface area contributed by atoms with Crippen LogP contribution in [0.25, 0.3) is 0 Å². The van der Waals surface area contributed by atoms with Gasteiger partial charge in [-0.2, -0.15) is 13.2 Å². The Kier molecular flexibility index (Phi) is 4.95. The number of nitrogens with one attached hydrogen (secondary N) is 1. The van der Waals surface area contributed by atoms with Crippen LogP contribution in [-0.2, 0) is 27.4 Å². The Bertz CT molecular complexity index is 864. The van der Waals surface area contributed by atoms with Crippen molar-refractivity contribution in [1.82, 2.24) is 0 Å². The summed E-state index contributed by atoms with van der Waals surface area (Å²) in [6.45, 7) is 0. The number of amides is 1. The van der Waals surface area contributed by atoms with Crippen LogP contribution in [-0.4, -0.2) is 14.3 Å². The molecular weight excluding hydrogens is 345 g/mol. The van der Waals surface area contributed by atoms with Crippen LogP contribution in [0.4, 0.5) is 18.9 Å². The zero-order chi connectivity index (χ0) is 18.0. The average molecular weight is 358 g/mol. The molecule has 2 aromatic rings. The van der Waals surface area contributed by atoms with Crippen molar-refractivity contribution in [3.8, 4) is 0 Å². The summed E-state index contributed by atoms with van der Waals surface area (Å²) in [5, 5.41) is 7.41. The van der Waals surface area contributed by atoms with Crippen molar-refractivity contribution >= 4 is 21.6 Å². The molecule has 0 heterocycles. The molecule has 0 aliphatic carbocycles. The minimum Gasteiger partial charge on any atom is -0.326 e. The lowest BCUT2D eigenvalue weighted by atomic mass is 10.1. The molecule has 0 aromatic heterocycles. The number of hydrogen-bond acceptors (Lipinski definition) is 3. The Morgan fingerprint density at radius 2 is 1.75 bits per heavy atom. The van der Waals surface area contributed by atoms with Gasteiger partial charge in [0.2, 0.25) is 15.9 Å². The zero-order valence-electron chi connectivity index (χ0n) is 12.2. The van der Waals surface area contributed by atoms with Gasteiger partial charge in [-0.1, -0.05) is 24.3 Å². The van der Waals surface area contributed by atoms with E-state index in [1.807, 2.05) is 0 Å². The number of sulfonamides is 1. The number of benzene rings is 2. The van der Waals surface area contributed by atoms with Crippen molar-refractivity contribution in [2.45, 2.75) is 17.5 Å². The second kappa shape index (κ2) is 6.62. The van der Waals surface area contributed by atoms with Gasteiger partial charge in [0.05, 0.1) is 16.9 Å². The van der Waals surface area contributed by atoms with Gasteiger partial charge in [0, 0.05) is 5.69 Å². The first-order chi connectivity index (χ1) is 11.1. The lowest BCUT2D eigenvalue weighted by Gasteiger charge is -2.09. The number of rotatable bonds is 4. The number of halogens is 3. The summed E-state index contributed by atoms with van der Waals surface area (Å²) in [6.07, 6.45) is -4.78. The smallest absolute Gasteiger partial charge is 0.326 e. The fraction of sp³-hybridized carbons (Fsp3) is 0.133. The molecule has 2 rings (SSSR count). The summed E-state index contributed by atoms with van der Waals surface area (Å²) in [6, 6.07) is 9.68. The number of carbonyl (C=O) groups is 1. The second-order valence-electron chi connectivity index (χ2n) is 5.00. The molecule has 0 atom stereocenters. The number of primary sulfonamides is 1. The summed E-state index contributed by atoms with van der Waals surface area (Å²) in [4.78, 5) is 11.7. The lowest BCUT2D eigenvalue weighted by Crippen LogP contribution is -2.16. The van der Waals surface area contributed by atoms with Crippen LogP contribution in [0.5, 0.6) is 0 Å². The van der Waals surface area contributed by atoms with E-state index in [0.29, 0.717) is 0 Å². The summed E-state index contributed by atoms with van der Waals surface area (Å²) in [5.41, 5.74) is -0.479. The maximum Gasteiger partial charge on any atom is 0.416 e. The molecule has 0 fully saturated rings. The second-order valence-corrected chi connectivity index (χ2v) is 6.56. The number of hydrogen-bond donors (Lipinski definition) is 2. The first-order valence-corrected chi connectivity index (χ1v) is 8.19. The summed E-state index contributed by atoms with van der Waals surface area (Å²) >= 11 is 0. The standard InChI is InChI=1S/C15H13F3N2O3S/c16-15(17,18)11-4-1-3-10(7-11)8-14(21)20-12-5-2-6-13(9-12)24(19,22)23/h1-7,9H,8H2,(H,20,21)(H2,19,22,23). The van der Waals surface area contributed by atoms with E-state index in [4.69, 9.17) is 5.14 Å². The fourth-order valence-electron chi connectivity index (χ4n) is 2.00. The lowest BCUT2D eigenvalue weighted by molar-refractivity contribution is -0.137. The highest BCUT2D eigenvalue weighted by Crippen LogP contribution is 2.29. The van der Waals surface area contributed by atoms with Crippen LogP contribution < -0.4 is 10.5 Å². The molecule has 5 nitrogen and oxygen atoms in total. The predicted octanol–water partition coefficient (Wildman–Crippen LogP) is 2.53. The Morgan fingerprint density at radius 1 is 1.08 bits per heavy atom. The summed E-state index contributed by atoms with van der Waals surface area (Å²) in [5.74, 6) is -0.583. The molecule has 0 saturated heterocycles. The molecule has 128 valence electrons. The predicted molar refractivity (Wildman–Crippen MR) is 81.6 cm³/mol. The van der Waals surface area contributed by atoms with Crippen LogP contribution in [0.15, 0.2) is 53.4 Å². The first-order valence-electron chi connectivity index (χ1n) is 6.64. The third-order valence-electron chi connectivity index (χ3n) is 3.07. The first kappa shape index (κ1) is 18.0. The Morgan fingerprint density at radius 3 is 2.38 bits per heavy atom. The van der Waals surface area contributed by atoms with Gasteiger partial charge < -0.3 is 5.32 Å². The summed E-state index contributed by atoms with van der Waals surface area (Å²) < 4.78 is 60.4. The zero-order valence-corrected chi connectivity index (χ0v) is 13.0. The van der Waals surface area contributed by atoms with E-state index in [1.54, 1.807) is 0 Å². The molecule has 0 saturated carbocycles. The number of nitrogens with two attached hydrogens (primary N) is 1. The molecule has 1 amide bonds. The van der Waals surface area contributed by atoms with E-state index in [1.165, 1.54) is 36.4 Å². The van der Waals surface area contributed by atoms with Gasteiger partial charge >= 0.3 is 6.18 Å². The molecule has 2 aromatic carbocycles. The highest BCUT2D eigenvalue weighted by molar-refractivity contribution is 7.89. The van der Waals surface area contributed by atoms with E-state index in [0.717, 1.165) is 12.1 Å². The van der Waals surface area contributed by atoms with Crippen LogP contribution in [0.1, 0.15) is 11.1 Å². The topological polar surface area (TPSA) is 89.3 Å². The monoisotopic (exact) mass is 358 g/mol. The molecule has 9 heteroatoms. The molecule has 0 unspecified atom stereocenters. The van der Waals surface area contributed by atoms with Crippen molar-refractivity contribution in [2.24, 2.45) is 5.14 Å². The van der Waals surface area contributed by atoms with E-state index >= 15 is 0 Å². The van der Waals surface area contributed by atoms with Gasteiger partial charge in [0.25, 0.3) is 0 Å². The van der Waals surface area contributed by atoms with Crippen molar-refractivity contribution < 1.29 is 26.4 Å². The van der Waals surface area contributed by atoms with Crippen molar-refractivity contribution in [1.29, 1.82) is 0 Å². The fourth-order valence-corrected chi connectivity index (χ4v) is 2.56. The highest BCUT2D eigenvalue weighted by atomic mass is 32.2. The van der Waals surface area contributed by atoms with E-state index in [2.05, 4.69) is 5.32 Å². The van der Waals surface area contributed by atoms with Crippen molar-refractivity contribution in [3.63, 3.8) is 0 Å². The maximum absolute atomic E-state index is 12.6. The average Bonchev–Trinajstić information content (AvgIpc) is 2.46. The minimum absolute atomic E-state index is 0.179. The largest absolute Gasteiger partial charge is 0.416 e. The highest BCUT2D eigenvalue weighted by Gasteiger charge is 2.30. The third-order valence-corrected chi connectivity index (χ3v) is 3.98. The molecule has 24 heavy (non-hydrogen) atoms. The quantitative estimate of drug-likeness (QED) is 0.880. The van der Waals surface area contributed by atoms with Crippen LogP contribution >= 0.6 is 0 Å². The van der Waals surface area contributed by atoms with E-state index < -0.39 is 27.7 Å². The van der Waals surface area contributed by atoms with Crippen LogP contribution in [0.2, 0.25) is 0 Å². The normalized spacial score (nSPS) is 12.0. The number of carbonyl (C=O) groups excluding carboxylic acids is 1. The SMILES string of the molecule is NS(=O)(=O)c1cccc(NC(=O)Cc2cccc(C(F)(F)F)c2)c1. The molecule has 0 aliphatic rings. The third kappa shape index (κ3) is 4.80. The Balaban J connectivity index is 2.12. The molecule has 3 N–H and O–H groups in total. The van der Waals surface area contributed by atoms with Gasteiger partial charge in [-0.3, -0.25) is 4.79 Å². The number of anilines is 1. The van der Waals surface area contributed by atoms with Gasteiger partial charge in [0.1, 0.15) is 0 Å². The van der Waals surface area contributed by atoms with Crippen LogP contribution in [0.3, 0.4) is 0 Å². The van der Waals surface area contributed by atoms with Crippen LogP contribution in [0, 0.1) is 0 Å². The van der Waals surface area contributed by atoms with Crippen molar-refractivity contribution in [2.75, 3.05) is 5.32 Å². The molecule has 0 spiro atoms. The van der Waals surface area contributed by atoms with E-state index in [-0.39, 0.29) is 22.6 Å². The van der Waals surface area contributed by atoms with E-state index in [9.17, 15) is 26.4 Å². The Hall–Kier alpha value is -2.39. The van der Waals surface area contributed by atoms with Gasteiger partial charge in [0.15, 0.2) is 0 Å². The molecule has 0 aliphatic heterocycles. The molecule has 0 bridgehead atoms. The maximum atomic E-state index is 12.6. The molecule has 0 radical (unpaired) electrons. The Labute approximate surface area is 136 Å². The van der Waals surface area contributed by atoms with Gasteiger partial charge in [-0.05, 0) is 29.8 Å². The van der Waals surface area contributed by atoms with Gasteiger partial charge in [-0.25, -0.2) is 13.6 Å².